The van der Waals surface area contributed by atoms with Crippen LogP contribution in [0.5, 0.6) is 0 Å². The van der Waals surface area contributed by atoms with Crippen LogP contribution in [0, 0.1) is 0 Å². The summed E-state index contributed by atoms with van der Waals surface area (Å²) in [4.78, 5) is 17.6. The molecule has 0 radical (unpaired) electrons. The van der Waals surface area contributed by atoms with E-state index in [0.29, 0.717) is 0 Å². The molecule has 0 aromatic rings. The standard InChI is InChI=1S/C10H17O7P/c1-10(2)16-7-6(4-5-18(11,12)13)15-9(14-3)8(7)17-10/h4-9H,1-3H3,(H2,11,12,13)/b5-4+/t6-,7-,8-,9-/m1/s1. The van der Waals surface area contributed by atoms with E-state index in [1.807, 2.05) is 0 Å². The van der Waals surface area contributed by atoms with E-state index in [4.69, 9.17) is 28.7 Å². The van der Waals surface area contributed by atoms with Gasteiger partial charge >= 0.3 is 7.60 Å². The van der Waals surface area contributed by atoms with Gasteiger partial charge in [-0.05, 0) is 19.9 Å². The maximum absolute atomic E-state index is 10.8. The summed E-state index contributed by atoms with van der Waals surface area (Å²) in [6, 6.07) is 0. The zero-order valence-electron chi connectivity index (χ0n) is 10.3. The highest BCUT2D eigenvalue weighted by Gasteiger charge is 2.54. The lowest BCUT2D eigenvalue weighted by Gasteiger charge is -2.22. The van der Waals surface area contributed by atoms with Gasteiger partial charge in [-0.1, -0.05) is 0 Å². The van der Waals surface area contributed by atoms with Crippen LogP contribution < -0.4 is 0 Å². The molecule has 0 saturated carbocycles. The molecule has 2 saturated heterocycles. The molecule has 2 rings (SSSR count). The number of ether oxygens (including phenoxy) is 4. The Morgan fingerprint density at radius 3 is 2.44 bits per heavy atom. The topological polar surface area (TPSA) is 94.5 Å². The second-order valence-electron chi connectivity index (χ2n) is 4.70. The van der Waals surface area contributed by atoms with E-state index >= 15 is 0 Å². The number of rotatable bonds is 3. The van der Waals surface area contributed by atoms with Crippen LogP contribution in [0.4, 0.5) is 0 Å². The van der Waals surface area contributed by atoms with Gasteiger partial charge in [0.15, 0.2) is 12.1 Å². The third-order valence-corrected chi connectivity index (χ3v) is 3.31. The minimum atomic E-state index is -4.21. The smallest absolute Gasteiger partial charge is 0.348 e. The second kappa shape index (κ2) is 4.68. The first-order chi connectivity index (χ1) is 8.22. The molecule has 2 heterocycles. The minimum Gasteiger partial charge on any atom is -0.353 e. The molecule has 2 aliphatic rings. The summed E-state index contributed by atoms with van der Waals surface area (Å²) in [5, 5.41) is 0. The third-order valence-electron chi connectivity index (χ3n) is 2.75. The first-order valence-electron chi connectivity index (χ1n) is 5.50. The van der Waals surface area contributed by atoms with E-state index in [1.165, 1.54) is 13.2 Å². The number of hydrogen-bond acceptors (Lipinski definition) is 5. The van der Waals surface area contributed by atoms with Gasteiger partial charge in [0.25, 0.3) is 0 Å². The van der Waals surface area contributed by atoms with Crippen LogP contribution in [0.1, 0.15) is 13.8 Å². The van der Waals surface area contributed by atoms with Gasteiger partial charge in [-0.25, -0.2) is 0 Å². The Balaban J connectivity index is 2.14. The fourth-order valence-corrected chi connectivity index (χ4v) is 2.53. The fourth-order valence-electron chi connectivity index (χ4n) is 2.13. The van der Waals surface area contributed by atoms with Crippen LogP contribution in [-0.4, -0.2) is 47.3 Å². The summed E-state index contributed by atoms with van der Waals surface area (Å²) in [6.45, 7) is 3.53. The predicted octanol–water partition coefficient (Wildman–Crippen LogP) is 0.569. The normalized spacial score (nSPS) is 39.4. The first kappa shape index (κ1) is 14.1. The molecular weight excluding hydrogens is 263 g/mol. The molecule has 2 fully saturated rings. The van der Waals surface area contributed by atoms with Gasteiger partial charge in [-0.15, -0.1) is 0 Å². The molecule has 4 atom stereocenters. The zero-order valence-corrected chi connectivity index (χ0v) is 11.2. The van der Waals surface area contributed by atoms with Gasteiger partial charge in [0.1, 0.15) is 18.3 Å². The van der Waals surface area contributed by atoms with E-state index in [2.05, 4.69) is 0 Å². The van der Waals surface area contributed by atoms with Crippen molar-refractivity contribution >= 4 is 7.60 Å². The molecule has 0 bridgehead atoms. The van der Waals surface area contributed by atoms with Crippen molar-refractivity contribution in [2.75, 3.05) is 7.11 Å². The number of methoxy groups -OCH3 is 1. The van der Waals surface area contributed by atoms with Crippen molar-refractivity contribution in [3.63, 3.8) is 0 Å². The Morgan fingerprint density at radius 2 is 1.89 bits per heavy atom. The molecular formula is C10H17O7P. The summed E-state index contributed by atoms with van der Waals surface area (Å²) >= 11 is 0. The molecule has 0 aromatic heterocycles. The average Bonchev–Trinajstić information content (AvgIpc) is 2.67. The SMILES string of the molecule is CO[C@@H]1O[C@H](/C=C/P(=O)(O)O)[C@H]2OC(C)(C)O[C@@H]12. The average molecular weight is 280 g/mol. The zero-order chi connectivity index (χ0) is 13.6. The molecule has 0 unspecified atom stereocenters. The van der Waals surface area contributed by atoms with Crippen molar-refractivity contribution in [3.05, 3.63) is 11.9 Å². The third kappa shape index (κ3) is 3.00. The largest absolute Gasteiger partial charge is 0.353 e. The Morgan fingerprint density at radius 1 is 1.28 bits per heavy atom. The molecule has 2 aliphatic heterocycles. The van der Waals surface area contributed by atoms with Gasteiger partial charge < -0.3 is 28.7 Å². The lowest BCUT2D eigenvalue weighted by Crippen LogP contribution is -2.30. The minimum absolute atomic E-state index is 0.406. The predicted molar refractivity (Wildman–Crippen MR) is 60.7 cm³/mol. The molecule has 2 N–H and O–H groups in total. The van der Waals surface area contributed by atoms with Crippen molar-refractivity contribution in [1.82, 2.24) is 0 Å². The lowest BCUT2D eigenvalue weighted by molar-refractivity contribution is -0.221. The van der Waals surface area contributed by atoms with Gasteiger partial charge in [0.05, 0.1) is 0 Å². The van der Waals surface area contributed by atoms with Crippen LogP contribution in [0.3, 0.4) is 0 Å². The van der Waals surface area contributed by atoms with Crippen molar-refractivity contribution in [2.24, 2.45) is 0 Å². The van der Waals surface area contributed by atoms with E-state index in [1.54, 1.807) is 13.8 Å². The quantitative estimate of drug-likeness (QED) is 0.730. The molecule has 18 heavy (non-hydrogen) atoms. The molecule has 0 amide bonds. The van der Waals surface area contributed by atoms with Crippen molar-refractivity contribution in [2.45, 2.75) is 44.2 Å². The molecule has 7 nitrogen and oxygen atoms in total. The molecule has 104 valence electrons. The van der Waals surface area contributed by atoms with E-state index < -0.39 is 38.0 Å². The van der Waals surface area contributed by atoms with Crippen LogP contribution in [-0.2, 0) is 23.5 Å². The first-order valence-corrected chi connectivity index (χ1v) is 7.18. The van der Waals surface area contributed by atoms with E-state index in [-0.39, 0.29) is 0 Å². The molecule has 0 aromatic carbocycles. The monoisotopic (exact) mass is 280 g/mol. The van der Waals surface area contributed by atoms with Gasteiger partial charge in [-0.3, -0.25) is 4.57 Å². The van der Waals surface area contributed by atoms with E-state index in [9.17, 15) is 4.57 Å². The van der Waals surface area contributed by atoms with Crippen molar-refractivity contribution in [3.8, 4) is 0 Å². The van der Waals surface area contributed by atoms with Crippen LogP contribution in [0.2, 0.25) is 0 Å². The summed E-state index contributed by atoms with van der Waals surface area (Å²) in [5.74, 6) is 0.0472. The Bertz CT molecular complexity index is 388. The maximum Gasteiger partial charge on any atom is 0.348 e. The second-order valence-corrected chi connectivity index (χ2v) is 6.18. The van der Waals surface area contributed by atoms with Crippen LogP contribution in [0.25, 0.3) is 0 Å². The molecule has 8 heteroatoms. The van der Waals surface area contributed by atoms with Gasteiger partial charge in [0.2, 0.25) is 0 Å². The van der Waals surface area contributed by atoms with Gasteiger partial charge in [-0.2, -0.15) is 0 Å². The molecule has 0 aliphatic carbocycles. The lowest BCUT2D eigenvalue weighted by atomic mass is 10.1. The summed E-state index contributed by atoms with van der Waals surface area (Å²) < 4.78 is 32.7. The van der Waals surface area contributed by atoms with Crippen molar-refractivity contribution in [1.29, 1.82) is 0 Å². The summed E-state index contributed by atoms with van der Waals surface area (Å²) in [5.41, 5.74) is 0. The summed E-state index contributed by atoms with van der Waals surface area (Å²) in [6.07, 6.45) is -0.760. The highest BCUT2D eigenvalue weighted by atomic mass is 31.2. The summed E-state index contributed by atoms with van der Waals surface area (Å²) in [7, 11) is -2.74. The van der Waals surface area contributed by atoms with Crippen molar-refractivity contribution < 1.29 is 33.3 Å². The molecule has 0 spiro atoms. The van der Waals surface area contributed by atoms with Crippen LogP contribution >= 0.6 is 7.60 Å². The Kier molecular flexibility index (Phi) is 3.68. The number of fused-ring (bicyclic) bond motifs is 1. The van der Waals surface area contributed by atoms with Gasteiger partial charge in [0, 0.05) is 12.9 Å². The highest BCUT2D eigenvalue weighted by Crippen LogP contribution is 2.41. The van der Waals surface area contributed by atoms with Crippen LogP contribution in [0.15, 0.2) is 11.9 Å². The maximum atomic E-state index is 10.8. The fraction of sp³-hybridized carbons (Fsp3) is 0.800. The van der Waals surface area contributed by atoms with E-state index in [0.717, 1.165) is 5.82 Å². The number of hydrogen-bond donors (Lipinski definition) is 2. The Labute approximate surface area is 105 Å². The highest BCUT2D eigenvalue weighted by molar-refractivity contribution is 7.55. The Hall–Kier alpha value is -0.270.